The number of para-hydroxylation sites is 4. The van der Waals surface area contributed by atoms with Gasteiger partial charge in [0.05, 0.1) is 6.42 Å². The van der Waals surface area contributed by atoms with Crippen LogP contribution in [0.25, 0.3) is 43.6 Å². The van der Waals surface area contributed by atoms with Crippen molar-refractivity contribution in [1.29, 1.82) is 0 Å². The van der Waals surface area contributed by atoms with Crippen molar-refractivity contribution < 1.29 is 85.7 Å². The van der Waals surface area contributed by atoms with E-state index in [1.54, 1.807) is 18.6 Å². The zero-order valence-electron chi connectivity index (χ0n) is 36.8. The van der Waals surface area contributed by atoms with Gasteiger partial charge in [0.15, 0.2) is 0 Å². The van der Waals surface area contributed by atoms with E-state index in [1.165, 1.54) is 0 Å². The van der Waals surface area contributed by atoms with Crippen molar-refractivity contribution in [1.82, 2.24) is 26.1 Å². The van der Waals surface area contributed by atoms with Crippen molar-refractivity contribution in [3.05, 3.63) is 164 Å². The molecule has 0 bridgehead atoms. The molecule has 1 unspecified atom stereocenters. The van der Waals surface area contributed by atoms with Gasteiger partial charge in [-0.1, -0.05) is 72.8 Å². The summed E-state index contributed by atoms with van der Waals surface area (Å²) in [6, 6.07) is 29.5. The molecular weight excluding hydrogens is 949 g/mol. The second kappa shape index (κ2) is 36.7. The molecule has 4 aromatic heterocycles. The van der Waals surface area contributed by atoms with Crippen LogP contribution < -0.4 is 11.9 Å². The zero-order valence-corrected chi connectivity index (χ0v) is 36.8. The summed E-state index contributed by atoms with van der Waals surface area (Å²) in [5, 5.41) is 50.2. The van der Waals surface area contributed by atoms with Crippen molar-refractivity contribution in [2.75, 3.05) is 0 Å². The van der Waals surface area contributed by atoms with Crippen LogP contribution in [-0.4, -0.2) is 115 Å². The summed E-state index contributed by atoms with van der Waals surface area (Å²) in [4.78, 5) is 120. The van der Waals surface area contributed by atoms with E-state index in [2.05, 4.69) is 19.9 Å². The SMILES string of the molecule is N.NC(Cc1c[nH]c2ccccc12)C(=O)O.O.O.O.O=C(O)C(=O)Cc1c[nH]c2ccccc12.O=C(O)C(=O)Cc1c[nH]c2ccccc12.O=C(O)Cc1c[nH]c2ccccc12.O=C=O.O=O.O=O.OO. The highest BCUT2D eigenvalue weighted by Gasteiger charge is 2.16. The van der Waals surface area contributed by atoms with Crippen LogP contribution >= 0.6 is 0 Å². The number of aromatic amines is 4. The third-order valence-corrected chi connectivity index (χ3v) is 8.98. The Labute approximate surface area is 397 Å². The number of carboxylic acids is 4. The van der Waals surface area contributed by atoms with Crippen molar-refractivity contribution in [3.8, 4) is 0 Å². The Morgan fingerprint density at radius 3 is 0.958 bits per heavy atom. The Hall–Kier alpha value is -9.44. The minimum atomic E-state index is -1.39. The Kier molecular flexibility index (Phi) is 35.2. The Bertz CT molecular complexity index is 2800. The Balaban J connectivity index is -0.000000392. The monoisotopic (exact) mass is 998 g/mol. The number of rotatable bonds is 11. The number of nitrogens with two attached hydrogens (primary N) is 1. The average molecular weight is 999 g/mol. The van der Waals surface area contributed by atoms with Gasteiger partial charge in [0.25, 0.3) is 0 Å². The summed E-state index contributed by atoms with van der Waals surface area (Å²) in [5.41, 5.74) is 12.5. The molecule has 71 heavy (non-hydrogen) atoms. The van der Waals surface area contributed by atoms with E-state index in [4.69, 9.17) is 66.1 Å². The smallest absolute Gasteiger partial charge is 0.373 e. The third kappa shape index (κ3) is 21.4. The molecule has 27 nitrogen and oxygen atoms in total. The summed E-state index contributed by atoms with van der Waals surface area (Å²) < 4.78 is 0. The summed E-state index contributed by atoms with van der Waals surface area (Å²) >= 11 is 0. The molecular formula is C44H50N6O21. The highest BCUT2D eigenvalue weighted by atomic mass is 17.0. The van der Waals surface area contributed by atoms with E-state index in [-0.39, 0.29) is 48.0 Å². The molecule has 0 fully saturated rings. The molecule has 8 aromatic rings. The number of hydrogen-bond acceptors (Lipinski definition) is 16. The predicted octanol–water partition coefficient (Wildman–Crippen LogP) is 2.90. The van der Waals surface area contributed by atoms with E-state index < -0.39 is 41.5 Å². The highest BCUT2D eigenvalue weighted by Crippen LogP contribution is 2.21. The summed E-state index contributed by atoms with van der Waals surface area (Å²) in [7, 11) is 0. The minimum Gasteiger partial charge on any atom is -0.481 e. The summed E-state index contributed by atoms with van der Waals surface area (Å²) in [5.74, 6) is -6.13. The molecule has 21 N–H and O–H groups in total. The standard InChI is InChI=1S/C11H12N2O2.2C11H9NO3.C10H9NO2.CO2.H3N.H2O2.2O2.3H2O/c12-9(11(14)15)5-7-6-13-10-4-2-1-3-8(7)10;2*13-10(11(14)15)5-7-6-12-9-4-2-1-3-8(7)9;12-10(13)5-7-6-11-9-4-2-1-3-8(7)9;2-1-3;;3*1-2;;;/h1-4,6,9,13H,5,12H2,(H,14,15);2*1-4,6,12H,5H2,(H,14,15);1-4,6,11H,5H2,(H,12,13);;1H3;1-2H;;;3*1H2. The molecule has 0 spiro atoms. The number of ketones is 2. The third-order valence-electron chi connectivity index (χ3n) is 8.98. The number of Topliss-reactive ketones (excluding diaryl/α,β-unsaturated/α-hetero) is 2. The average Bonchev–Trinajstić information content (AvgIpc) is 4.15. The van der Waals surface area contributed by atoms with E-state index >= 15 is 0 Å². The molecule has 0 saturated heterocycles. The number of aromatic nitrogens is 4. The predicted molar refractivity (Wildman–Crippen MR) is 256 cm³/mol. The van der Waals surface area contributed by atoms with Crippen LogP contribution in [0.3, 0.4) is 0 Å². The maximum absolute atomic E-state index is 11.0. The normalized spacial score (nSPS) is 9.34. The number of carbonyl (C=O) groups excluding carboxylic acids is 4. The van der Waals surface area contributed by atoms with Crippen molar-refractivity contribution in [2.24, 2.45) is 5.73 Å². The first-order chi connectivity index (χ1) is 32.2. The number of carboxylic acid groups (broad SMARTS) is 4. The fourth-order valence-electron chi connectivity index (χ4n) is 6.12. The topological polar surface area (TPSA) is 545 Å². The fourth-order valence-corrected chi connectivity index (χ4v) is 6.12. The van der Waals surface area contributed by atoms with Gasteiger partial charge in [-0.25, -0.2) is 9.59 Å². The van der Waals surface area contributed by atoms with Crippen LogP contribution in [0.15, 0.2) is 122 Å². The largest absolute Gasteiger partial charge is 0.481 e. The van der Waals surface area contributed by atoms with Gasteiger partial charge in [0, 0.05) is 108 Å². The first-order valence-corrected chi connectivity index (χ1v) is 18.7. The van der Waals surface area contributed by atoms with Crippen molar-refractivity contribution >= 4 is 85.2 Å². The maximum atomic E-state index is 11.0. The number of H-pyrrole nitrogens is 4. The first-order valence-electron chi connectivity index (χ1n) is 18.7. The molecule has 4 heterocycles. The quantitative estimate of drug-likeness (QED) is 0.0503. The number of fused-ring (bicyclic) bond motifs is 4. The van der Waals surface area contributed by atoms with E-state index in [0.717, 1.165) is 65.9 Å². The molecule has 27 heteroatoms. The van der Waals surface area contributed by atoms with Gasteiger partial charge < -0.3 is 68.7 Å². The lowest BCUT2D eigenvalue weighted by Crippen LogP contribution is -2.32. The van der Waals surface area contributed by atoms with E-state index in [0.29, 0.717) is 6.42 Å². The Morgan fingerprint density at radius 2 is 0.704 bits per heavy atom. The molecule has 382 valence electrons. The molecule has 4 aromatic carbocycles. The Morgan fingerprint density at radius 1 is 0.465 bits per heavy atom. The number of aliphatic carboxylic acids is 4. The molecule has 0 aliphatic carbocycles. The number of nitrogens with one attached hydrogen (secondary N) is 4. The molecule has 0 radical (unpaired) electrons. The molecule has 1 atom stereocenters. The second-order valence-electron chi connectivity index (χ2n) is 13.1. The maximum Gasteiger partial charge on any atom is 0.373 e. The fraction of sp³-hybridized carbons (Fsp3) is 0.114. The summed E-state index contributed by atoms with van der Waals surface area (Å²) in [6.45, 7) is 0. The van der Waals surface area contributed by atoms with Crippen molar-refractivity contribution in [2.45, 2.75) is 31.7 Å². The van der Waals surface area contributed by atoms with Gasteiger partial charge >= 0.3 is 30.0 Å². The molecule has 0 saturated carbocycles. The molecule has 0 aliphatic heterocycles. The number of hydrogen-bond donors (Lipinski definition) is 12. The van der Waals surface area contributed by atoms with Crippen LogP contribution in [0.1, 0.15) is 22.3 Å². The second-order valence-corrected chi connectivity index (χ2v) is 13.1. The van der Waals surface area contributed by atoms with Crippen LogP contribution in [0.5, 0.6) is 0 Å². The van der Waals surface area contributed by atoms with Gasteiger partial charge in [0.2, 0.25) is 11.6 Å². The van der Waals surface area contributed by atoms with Crippen molar-refractivity contribution in [3.63, 3.8) is 0 Å². The van der Waals surface area contributed by atoms with Gasteiger partial charge in [-0.15, -0.1) is 0 Å². The highest BCUT2D eigenvalue weighted by molar-refractivity contribution is 6.33. The summed E-state index contributed by atoms with van der Waals surface area (Å²) in [6.07, 6.45) is 7.44. The number of carbonyl (C=O) groups is 6. The van der Waals surface area contributed by atoms with Gasteiger partial charge in [-0.2, -0.15) is 9.59 Å². The van der Waals surface area contributed by atoms with Crippen LogP contribution in [-0.2, 0) is 64.0 Å². The zero-order chi connectivity index (χ0) is 50.5. The van der Waals surface area contributed by atoms with E-state index in [1.807, 2.05) is 103 Å². The molecule has 8 rings (SSSR count). The lowest BCUT2D eigenvalue weighted by Gasteiger charge is -2.04. The van der Waals surface area contributed by atoms with Crippen LogP contribution in [0, 0.1) is 19.9 Å². The van der Waals surface area contributed by atoms with Crippen LogP contribution in [0.2, 0.25) is 0 Å². The first kappa shape index (κ1) is 68.1. The van der Waals surface area contributed by atoms with E-state index in [9.17, 15) is 28.8 Å². The molecule has 0 amide bonds. The lowest BCUT2D eigenvalue weighted by atomic mass is 10.1. The minimum absolute atomic E-state index is 0. The molecule has 0 aliphatic rings. The van der Waals surface area contributed by atoms with Gasteiger partial charge in [0.1, 0.15) is 6.04 Å². The van der Waals surface area contributed by atoms with Crippen LogP contribution in [0.4, 0.5) is 0 Å². The van der Waals surface area contributed by atoms with Gasteiger partial charge in [-0.3, -0.25) is 29.7 Å². The number of benzene rings is 4. The van der Waals surface area contributed by atoms with Gasteiger partial charge in [-0.05, 0) is 46.5 Å². The lowest BCUT2D eigenvalue weighted by molar-refractivity contribution is -0.191.